The molecule has 0 saturated carbocycles. The molecule has 11 heteroatoms. The molecule has 0 spiro atoms. The zero-order chi connectivity index (χ0) is 28.1. The van der Waals surface area contributed by atoms with E-state index in [2.05, 4.69) is 14.9 Å². The fourth-order valence-electron chi connectivity index (χ4n) is 6.16. The number of H-pyrrole nitrogens is 1. The van der Waals surface area contributed by atoms with Gasteiger partial charge in [0.25, 0.3) is 5.56 Å². The monoisotopic (exact) mass is 571 g/mol. The number of hydrogen-bond donors (Lipinski definition) is 2. The number of hydrogen-bond acceptors (Lipinski definition) is 9. The molecule has 1 saturated heterocycles. The van der Waals surface area contributed by atoms with Gasteiger partial charge in [0.2, 0.25) is 0 Å². The summed E-state index contributed by atoms with van der Waals surface area (Å²) in [5, 5.41) is 9.99. The van der Waals surface area contributed by atoms with Crippen molar-refractivity contribution in [2.24, 2.45) is 5.92 Å². The first kappa shape index (κ1) is 25.7. The van der Waals surface area contributed by atoms with Gasteiger partial charge in [-0.1, -0.05) is 30.3 Å². The lowest BCUT2D eigenvalue weighted by Gasteiger charge is -2.29. The molecule has 2 N–H and O–H groups in total. The zero-order valence-corrected chi connectivity index (χ0v) is 23.3. The second kappa shape index (κ2) is 10.3. The molecule has 0 aliphatic carbocycles. The van der Waals surface area contributed by atoms with Gasteiger partial charge >= 0.3 is 5.69 Å². The molecule has 2 aliphatic heterocycles. The molecular formula is C30H29N5O5S. The number of nitrogens with one attached hydrogen (secondary N) is 1. The maximum absolute atomic E-state index is 13.3. The van der Waals surface area contributed by atoms with Gasteiger partial charge in [-0.25, -0.2) is 14.8 Å². The summed E-state index contributed by atoms with van der Waals surface area (Å²) in [4.78, 5) is 41.5. The minimum atomic E-state index is -0.426. The van der Waals surface area contributed by atoms with E-state index in [0.717, 1.165) is 37.2 Å². The van der Waals surface area contributed by atoms with Crippen LogP contribution < -0.4 is 20.7 Å². The number of likely N-dealkylation sites (tertiary alicyclic amines) is 1. The van der Waals surface area contributed by atoms with Gasteiger partial charge in [-0.15, -0.1) is 11.3 Å². The Kier molecular flexibility index (Phi) is 6.47. The van der Waals surface area contributed by atoms with Crippen LogP contribution in [0.3, 0.4) is 0 Å². The first-order chi connectivity index (χ1) is 20.0. The Morgan fingerprint density at radius 1 is 1.15 bits per heavy atom. The quantitative estimate of drug-likeness (QED) is 0.282. The van der Waals surface area contributed by atoms with E-state index in [1.54, 1.807) is 25.4 Å². The normalized spacial score (nSPS) is 18.4. The highest BCUT2D eigenvalue weighted by Gasteiger charge is 2.40. The average Bonchev–Trinajstić information content (AvgIpc) is 3.57. The number of rotatable bonds is 7. The lowest BCUT2D eigenvalue weighted by Crippen LogP contribution is -2.34. The van der Waals surface area contributed by atoms with E-state index in [4.69, 9.17) is 14.5 Å². The van der Waals surface area contributed by atoms with Crippen LogP contribution in [0.25, 0.3) is 31.8 Å². The smallest absolute Gasteiger partial charge is 0.328 e. The van der Waals surface area contributed by atoms with Crippen molar-refractivity contribution in [2.45, 2.75) is 25.3 Å². The predicted octanol–water partition coefficient (Wildman–Crippen LogP) is 3.96. The average molecular weight is 572 g/mol. The SMILES string of the molecule is COc1cc(O)cc2c1[C@H]1CN(CCCCn3c(=O)[nH]c4c(sc5ncc(-c6ccccc6)nc54)c3=O)C[C@H]1CO2. The topological polar surface area (TPSA) is 123 Å². The molecule has 0 unspecified atom stereocenters. The molecule has 2 atom stereocenters. The Morgan fingerprint density at radius 2 is 1.98 bits per heavy atom. The van der Waals surface area contributed by atoms with Gasteiger partial charge in [0.05, 0.1) is 31.1 Å². The number of phenolic OH excluding ortho intramolecular Hbond substituents is 1. The molecule has 3 aromatic heterocycles. The summed E-state index contributed by atoms with van der Waals surface area (Å²) in [6, 6.07) is 13.0. The van der Waals surface area contributed by atoms with Gasteiger partial charge in [0.15, 0.2) is 0 Å². The number of thiophene rings is 1. The van der Waals surface area contributed by atoms with Crippen molar-refractivity contribution < 1.29 is 14.6 Å². The number of aromatic nitrogens is 4. The summed E-state index contributed by atoms with van der Waals surface area (Å²) < 4.78 is 13.3. The van der Waals surface area contributed by atoms with E-state index in [1.165, 1.54) is 15.9 Å². The largest absolute Gasteiger partial charge is 0.508 e. The molecule has 5 aromatic rings. The molecule has 0 amide bonds. The van der Waals surface area contributed by atoms with E-state index in [-0.39, 0.29) is 17.2 Å². The third-order valence-electron chi connectivity index (χ3n) is 8.14. The van der Waals surface area contributed by atoms with Gasteiger partial charge in [0.1, 0.15) is 32.3 Å². The third kappa shape index (κ3) is 4.54. The number of nitrogens with zero attached hydrogens (tertiary/aromatic N) is 4. The van der Waals surface area contributed by atoms with Crippen LogP contribution in [0.2, 0.25) is 0 Å². The van der Waals surface area contributed by atoms with Crippen LogP contribution in [0.15, 0.2) is 58.3 Å². The number of unbranched alkanes of at least 4 members (excludes halogenated alkanes) is 1. The van der Waals surface area contributed by atoms with Crippen LogP contribution in [0.4, 0.5) is 0 Å². The van der Waals surface area contributed by atoms with Crippen LogP contribution >= 0.6 is 11.3 Å². The highest BCUT2D eigenvalue weighted by atomic mass is 32.1. The van der Waals surface area contributed by atoms with Crippen molar-refractivity contribution in [1.29, 1.82) is 0 Å². The fourth-order valence-corrected chi connectivity index (χ4v) is 7.15. The summed E-state index contributed by atoms with van der Waals surface area (Å²) in [6.07, 6.45) is 3.24. The Labute approximate surface area is 238 Å². The van der Waals surface area contributed by atoms with Crippen molar-refractivity contribution in [3.05, 3.63) is 75.1 Å². The number of fused-ring (bicyclic) bond motifs is 6. The highest BCUT2D eigenvalue weighted by molar-refractivity contribution is 7.25. The first-order valence-electron chi connectivity index (χ1n) is 13.7. The van der Waals surface area contributed by atoms with E-state index in [0.29, 0.717) is 63.2 Å². The molecular weight excluding hydrogens is 542 g/mol. The minimum Gasteiger partial charge on any atom is -0.508 e. The summed E-state index contributed by atoms with van der Waals surface area (Å²) in [5.74, 6) is 2.12. The highest BCUT2D eigenvalue weighted by Crippen LogP contribution is 2.47. The molecule has 5 heterocycles. The van der Waals surface area contributed by atoms with Gasteiger partial charge in [0, 0.05) is 54.7 Å². The number of benzene rings is 2. The third-order valence-corrected chi connectivity index (χ3v) is 9.22. The fraction of sp³-hybridized carbons (Fsp3) is 0.333. The number of aromatic amines is 1. The Bertz CT molecular complexity index is 1870. The predicted molar refractivity (Wildman–Crippen MR) is 157 cm³/mol. The second-order valence-electron chi connectivity index (χ2n) is 10.7. The maximum atomic E-state index is 13.3. The summed E-state index contributed by atoms with van der Waals surface area (Å²) in [6.45, 7) is 3.59. The second-order valence-corrected chi connectivity index (χ2v) is 11.7. The van der Waals surface area contributed by atoms with Crippen LogP contribution in [0, 0.1) is 5.92 Å². The van der Waals surface area contributed by atoms with Gasteiger partial charge in [-0.2, -0.15) is 0 Å². The molecule has 41 heavy (non-hydrogen) atoms. The lowest BCUT2D eigenvalue weighted by molar-refractivity contribution is 0.208. The van der Waals surface area contributed by atoms with Crippen molar-refractivity contribution in [2.75, 3.05) is 33.4 Å². The summed E-state index contributed by atoms with van der Waals surface area (Å²) in [5.41, 5.74) is 2.91. The Balaban J connectivity index is 1.04. The standard InChI is InChI=1S/C30H29N5O5S/c1-39-22-11-19(36)12-23-24(22)20-15-34(14-18(20)16-40-23)9-5-6-10-35-29(37)27-25(33-30(35)38)26-28(41-27)31-13-21(32-26)17-7-3-2-4-8-17/h2-4,7-8,11-13,18,20,36H,5-6,9-10,14-16H2,1H3,(H,33,38)/t18-,20-/m0/s1. The van der Waals surface area contributed by atoms with E-state index in [1.807, 2.05) is 30.3 Å². The molecule has 7 rings (SSSR count). The van der Waals surface area contributed by atoms with Crippen LogP contribution in [-0.4, -0.2) is 62.9 Å². The molecule has 2 aliphatic rings. The van der Waals surface area contributed by atoms with Crippen molar-refractivity contribution in [3.63, 3.8) is 0 Å². The van der Waals surface area contributed by atoms with Crippen molar-refractivity contribution in [3.8, 4) is 28.5 Å². The molecule has 0 radical (unpaired) electrons. The summed E-state index contributed by atoms with van der Waals surface area (Å²) in [7, 11) is 1.61. The molecule has 1 fully saturated rings. The summed E-state index contributed by atoms with van der Waals surface area (Å²) >= 11 is 1.26. The maximum Gasteiger partial charge on any atom is 0.328 e. The van der Waals surface area contributed by atoms with E-state index < -0.39 is 5.69 Å². The Hall–Kier alpha value is -4.22. The zero-order valence-electron chi connectivity index (χ0n) is 22.5. The van der Waals surface area contributed by atoms with E-state index >= 15 is 0 Å². The minimum absolute atomic E-state index is 0.137. The molecule has 2 aromatic carbocycles. The number of methoxy groups -OCH3 is 1. The van der Waals surface area contributed by atoms with Crippen LogP contribution in [-0.2, 0) is 6.54 Å². The number of aromatic hydroxyl groups is 1. The van der Waals surface area contributed by atoms with Crippen molar-refractivity contribution in [1.82, 2.24) is 24.4 Å². The Morgan fingerprint density at radius 3 is 2.80 bits per heavy atom. The van der Waals surface area contributed by atoms with Gasteiger partial charge in [-0.05, 0) is 19.4 Å². The van der Waals surface area contributed by atoms with Crippen molar-refractivity contribution >= 4 is 31.9 Å². The van der Waals surface area contributed by atoms with Crippen LogP contribution in [0.5, 0.6) is 17.2 Å². The number of ether oxygens (including phenoxy) is 2. The van der Waals surface area contributed by atoms with Gasteiger partial charge < -0.3 is 24.5 Å². The number of phenols is 1. The van der Waals surface area contributed by atoms with Crippen LogP contribution in [0.1, 0.15) is 24.3 Å². The molecule has 10 nitrogen and oxygen atoms in total. The van der Waals surface area contributed by atoms with Gasteiger partial charge in [-0.3, -0.25) is 9.36 Å². The molecule has 210 valence electrons. The van der Waals surface area contributed by atoms with E-state index in [9.17, 15) is 14.7 Å². The molecule has 0 bridgehead atoms. The first-order valence-corrected chi connectivity index (χ1v) is 14.6. The lowest BCUT2D eigenvalue weighted by atomic mass is 9.86.